The van der Waals surface area contributed by atoms with Crippen LogP contribution >= 0.6 is 0 Å². The number of aliphatic carboxylic acids is 1. The first kappa shape index (κ1) is 17.2. The molecule has 1 fully saturated rings. The third kappa shape index (κ3) is 3.29. The van der Waals surface area contributed by atoms with Crippen LogP contribution in [0.3, 0.4) is 0 Å². The number of allylic oxidation sites excluding steroid dienone is 2. The zero-order chi connectivity index (χ0) is 18.1. The second kappa shape index (κ2) is 6.70. The molecule has 3 N–H and O–H groups in total. The molecule has 0 saturated heterocycles. The first-order valence-corrected chi connectivity index (χ1v) is 8.49. The molecule has 1 aromatic carbocycles. The van der Waals surface area contributed by atoms with Crippen molar-refractivity contribution >= 4 is 17.8 Å². The largest absolute Gasteiger partial charge is 0.481 e. The van der Waals surface area contributed by atoms with Crippen LogP contribution in [-0.4, -0.2) is 22.9 Å². The summed E-state index contributed by atoms with van der Waals surface area (Å²) in [6, 6.07) is 7.17. The molecule has 2 bridgehead atoms. The fraction of sp³-hybridized carbons (Fsp3) is 0.421. The number of carbonyl (C=O) groups excluding carboxylic acids is 2. The molecule has 25 heavy (non-hydrogen) atoms. The predicted octanol–water partition coefficient (Wildman–Crippen LogP) is 2.09. The number of hydrogen-bond acceptors (Lipinski definition) is 3. The van der Waals surface area contributed by atoms with Crippen molar-refractivity contribution in [2.45, 2.75) is 26.2 Å². The lowest BCUT2D eigenvalue weighted by Gasteiger charge is -2.23. The summed E-state index contributed by atoms with van der Waals surface area (Å²) < 4.78 is 0. The minimum Gasteiger partial charge on any atom is -0.481 e. The van der Waals surface area contributed by atoms with Crippen LogP contribution in [-0.2, 0) is 9.59 Å². The van der Waals surface area contributed by atoms with Crippen molar-refractivity contribution in [2.75, 3.05) is 0 Å². The number of fused-ring (bicyclic) bond motifs is 2. The normalized spacial score (nSPS) is 26.7. The van der Waals surface area contributed by atoms with Gasteiger partial charge in [-0.25, -0.2) is 0 Å². The van der Waals surface area contributed by atoms with Crippen LogP contribution in [0.1, 0.15) is 42.1 Å². The zero-order valence-corrected chi connectivity index (χ0v) is 14.2. The van der Waals surface area contributed by atoms with Crippen molar-refractivity contribution in [3.63, 3.8) is 0 Å². The van der Waals surface area contributed by atoms with Gasteiger partial charge in [0, 0.05) is 5.56 Å². The highest BCUT2D eigenvalue weighted by molar-refractivity contribution is 5.96. The van der Waals surface area contributed by atoms with Crippen molar-refractivity contribution in [1.82, 2.24) is 10.9 Å². The molecule has 0 heterocycles. The van der Waals surface area contributed by atoms with E-state index >= 15 is 0 Å². The number of carboxylic acids is 1. The summed E-state index contributed by atoms with van der Waals surface area (Å²) in [5.41, 5.74) is 6.34. The maximum atomic E-state index is 12.4. The molecule has 2 amide bonds. The number of rotatable bonds is 4. The van der Waals surface area contributed by atoms with Crippen LogP contribution < -0.4 is 10.9 Å². The molecule has 0 spiro atoms. The summed E-state index contributed by atoms with van der Waals surface area (Å²) in [6.07, 6.45) is 4.46. The average Bonchev–Trinajstić information content (AvgIpc) is 3.20. The molecule has 3 rings (SSSR count). The van der Waals surface area contributed by atoms with Crippen molar-refractivity contribution in [1.29, 1.82) is 0 Å². The number of carbonyl (C=O) groups is 3. The molecule has 6 nitrogen and oxygen atoms in total. The van der Waals surface area contributed by atoms with Gasteiger partial charge in [0.05, 0.1) is 11.8 Å². The van der Waals surface area contributed by atoms with Gasteiger partial charge in [0.1, 0.15) is 0 Å². The Kier molecular flexibility index (Phi) is 4.61. The van der Waals surface area contributed by atoms with Gasteiger partial charge in [0.25, 0.3) is 5.91 Å². The van der Waals surface area contributed by atoms with Crippen molar-refractivity contribution < 1.29 is 19.5 Å². The monoisotopic (exact) mass is 342 g/mol. The Labute approximate surface area is 146 Å². The molecular formula is C19H22N2O4. The molecule has 0 unspecified atom stereocenters. The quantitative estimate of drug-likeness (QED) is 0.577. The van der Waals surface area contributed by atoms with Gasteiger partial charge in [-0.2, -0.15) is 0 Å². The van der Waals surface area contributed by atoms with Crippen molar-refractivity contribution in [2.24, 2.45) is 23.7 Å². The number of benzene rings is 1. The van der Waals surface area contributed by atoms with Crippen LogP contribution in [0, 0.1) is 23.7 Å². The summed E-state index contributed by atoms with van der Waals surface area (Å²) in [5.74, 6) is -3.01. The second-order valence-electron chi connectivity index (χ2n) is 7.06. The topological polar surface area (TPSA) is 95.5 Å². The van der Waals surface area contributed by atoms with Crippen LogP contribution in [0.2, 0.25) is 0 Å². The Balaban J connectivity index is 1.61. The van der Waals surface area contributed by atoms with E-state index in [4.69, 9.17) is 0 Å². The van der Waals surface area contributed by atoms with Gasteiger partial charge in [0.2, 0.25) is 5.91 Å². The molecule has 4 atom stereocenters. The van der Waals surface area contributed by atoms with Crippen LogP contribution in [0.15, 0.2) is 36.4 Å². The Morgan fingerprint density at radius 1 is 1.00 bits per heavy atom. The Morgan fingerprint density at radius 2 is 1.60 bits per heavy atom. The Bertz CT molecular complexity index is 723. The molecule has 1 saturated carbocycles. The summed E-state index contributed by atoms with van der Waals surface area (Å²) in [7, 11) is 0. The lowest BCUT2D eigenvalue weighted by atomic mass is 9.82. The first-order valence-electron chi connectivity index (χ1n) is 8.49. The predicted molar refractivity (Wildman–Crippen MR) is 91.5 cm³/mol. The standard InChI is InChI=1S/C19H22N2O4/c1-10(2)11-3-5-12(6-4-11)17(22)20-21-18(23)15-13-7-8-14(9-13)16(15)19(24)25/h3-8,10,13-16H,9H2,1-2H3,(H,20,22)(H,21,23)(H,24,25)/t13-,14-,15-,16+/m0/s1. The lowest BCUT2D eigenvalue weighted by molar-refractivity contribution is -0.148. The van der Waals surface area contributed by atoms with E-state index in [1.54, 1.807) is 12.1 Å². The highest BCUT2D eigenvalue weighted by Crippen LogP contribution is 2.48. The number of amides is 2. The van der Waals surface area contributed by atoms with E-state index in [0.29, 0.717) is 17.9 Å². The van der Waals surface area contributed by atoms with Gasteiger partial charge in [-0.15, -0.1) is 0 Å². The molecule has 2 aliphatic rings. The zero-order valence-electron chi connectivity index (χ0n) is 14.2. The van der Waals surface area contributed by atoms with E-state index in [2.05, 4.69) is 24.7 Å². The molecule has 132 valence electrons. The van der Waals surface area contributed by atoms with Gasteiger partial charge in [-0.3, -0.25) is 25.2 Å². The highest BCUT2D eigenvalue weighted by atomic mass is 16.4. The van der Waals surface area contributed by atoms with E-state index < -0.39 is 29.6 Å². The molecule has 1 aromatic rings. The van der Waals surface area contributed by atoms with Gasteiger partial charge in [-0.1, -0.05) is 38.1 Å². The summed E-state index contributed by atoms with van der Waals surface area (Å²) in [5, 5.41) is 9.38. The molecule has 0 radical (unpaired) electrons. The third-order valence-corrected chi connectivity index (χ3v) is 5.19. The maximum Gasteiger partial charge on any atom is 0.307 e. The number of nitrogens with one attached hydrogen (secondary N) is 2. The molecule has 2 aliphatic carbocycles. The summed E-state index contributed by atoms with van der Waals surface area (Å²) >= 11 is 0. The first-order chi connectivity index (χ1) is 11.9. The SMILES string of the molecule is CC(C)c1ccc(C(=O)NNC(=O)[C@@H]2[C@H](C(=O)O)[C@H]3C=C[C@H]2C3)cc1. The molecule has 0 aliphatic heterocycles. The van der Waals surface area contributed by atoms with Gasteiger partial charge < -0.3 is 5.11 Å². The molecule has 6 heteroatoms. The fourth-order valence-corrected chi connectivity index (χ4v) is 3.81. The maximum absolute atomic E-state index is 12.4. The third-order valence-electron chi connectivity index (χ3n) is 5.19. The second-order valence-corrected chi connectivity index (χ2v) is 7.06. The van der Waals surface area contributed by atoms with Gasteiger partial charge in [0.15, 0.2) is 0 Å². The summed E-state index contributed by atoms with van der Waals surface area (Å²) in [4.78, 5) is 36.0. The van der Waals surface area contributed by atoms with E-state index in [-0.39, 0.29) is 11.8 Å². The Hall–Kier alpha value is -2.63. The van der Waals surface area contributed by atoms with Crippen LogP contribution in [0.4, 0.5) is 0 Å². The van der Waals surface area contributed by atoms with E-state index in [1.165, 1.54) is 0 Å². The number of hydrazine groups is 1. The van der Waals surface area contributed by atoms with Crippen molar-refractivity contribution in [3.8, 4) is 0 Å². The molecule has 0 aromatic heterocycles. The molecular weight excluding hydrogens is 320 g/mol. The van der Waals surface area contributed by atoms with Crippen LogP contribution in [0.5, 0.6) is 0 Å². The fourth-order valence-electron chi connectivity index (χ4n) is 3.81. The minimum absolute atomic E-state index is 0.0756. The van der Waals surface area contributed by atoms with E-state index in [9.17, 15) is 19.5 Å². The minimum atomic E-state index is -0.965. The smallest absolute Gasteiger partial charge is 0.307 e. The van der Waals surface area contributed by atoms with Crippen molar-refractivity contribution in [3.05, 3.63) is 47.5 Å². The number of hydrogen-bond donors (Lipinski definition) is 3. The summed E-state index contributed by atoms with van der Waals surface area (Å²) in [6.45, 7) is 4.13. The van der Waals surface area contributed by atoms with Crippen LogP contribution in [0.25, 0.3) is 0 Å². The average molecular weight is 342 g/mol. The van der Waals surface area contributed by atoms with Gasteiger partial charge >= 0.3 is 5.97 Å². The van der Waals surface area contributed by atoms with Gasteiger partial charge in [-0.05, 0) is 41.9 Å². The van der Waals surface area contributed by atoms with E-state index in [0.717, 1.165) is 5.56 Å². The Morgan fingerprint density at radius 3 is 2.16 bits per heavy atom. The number of carboxylic acid groups (broad SMARTS) is 1. The van der Waals surface area contributed by atoms with E-state index in [1.807, 2.05) is 24.3 Å². The highest BCUT2D eigenvalue weighted by Gasteiger charge is 2.51. The lowest BCUT2D eigenvalue weighted by Crippen LogP contribution is -2.48.